The Morgan fingerprint density at radius 2 is 1.83 bits per heavy atom. The van der Waals surface area contributed by atoms with Crippen molar-refractivity contribution in [3.8, 4) is 0 Å². The maximum atomic E-state index is 13.1. The van der Waals surface area contributed by atoms with E-state index in [1.54, 1.807) is 6.26 Å². The van der Waals surface area contributed by atoms with Gasteiger partial charge in [0.15, 0.2) is 0 Å². The van der Waals surface area contributed by atoms with Crippen LogP contribution in [0.15, 0.2) is 47.1 Å². The van der Waals surface area contributed by atoms with Gasteiger partial charge in [-0.1, -0.05) is 13.8 Å². The average Bonchev–Trinajstić information content (AvgIpc) is 3.41. The molecule has 2 aromatic rings. The molecule has 156 valence electrons. The number of hydrogen-bond acceptors (Lipinski definition) is 4. The van der Waals surface area contributed by atoms with Crippen molar-refractivity contribution in [3.63, 3.8) is 0 Å². The molecule has 2 amide bonds. The van der Waals surface area contributed by atoms with Crippen LogP contribution in [0.25, 0.3) is 0 Å². The molecule has 29 heavy (non-hydrogen) atoms. The van der Waals surface area contributed by atoms with E-state index in [4.69, 9.17) is 4.42 Å². The molecule has 3 rings (SSSR count). The number of likely N-dealkylation sites (tertiary alicyclic amines) is 1. The van der Waals surface area contributed by atoms with Gasteiger partial charge >= 0.3 is 0 Å². The van der Waals surface area contributed by atoms with E-state index in [1.165, 1.54) is 24.3 Å². The van der Waals surface area contributed by atoms with E-state index >= 15 is 0 Å². The number of amides is 2. The number of carbonyl (C=O) groups excluding carboxylic acids is 2. The first kappa shape index (κ1) is 21.0. The molecule has 1 aliphatic heterocycles. The topological polar surface area (TPSA) is 74.6 Å². The van der Waals surface area contributed by atoms with Crippen molar-refractivity contribution >= 4 is 11.8 Å². The fraction of sp³-hybridized carbons (Fsp3) is 0.455. The van der Waals surface area contributed by atoms with Crippen LogP contribution < -0.4 is 10.6 Å². The van der Waals surface area contributed by atoms with Gasteiger partial charge in [-0.05, 0) is 68.2 Å². The largest absolute Gasteiger partial charge is 0.468 e. The monoisotopic (exact) mass is 401 g/mol. The van der Waals surface area contributed by atoms with Crippen molar-refractivity contribution in [3.05, 3.63) is 59.8 Å². The molecule has 0 radical (unpaired) electrons. The molecule has 0 saturated carbocycles. The smallest absolute Gasteiger partial charge is 0.251 e. The number of furan rings is 1. The zero-order valence-corrected chi connectivity index (χ0v) is 16.9. The van der Waals surface area contributed by atoms with Crippen molar-refractivity contribution in [2.75, 3.05) is 19.6 Å². The molecule has 1 fully saturated rings. The molecule has 2 heterocycles. The van der Waals surface area contributed by atoms with Crippen molar-refractivity contribution in [2.45, 2.75) is 38.8 Å². The molecule has 1 aliphatic rings. The Bertz CT molecular complexity index is 799. The highest BCUT2D eigenvalue weighted by Crippen LogP contribution is 2.25. The summed E-state index contributed by atoms with van der Waals surface area (Å²) in [5, 5.41) is 5.75. The van der Waals surface area contributed by atoms with E-state index in [2.05, 4.69) is 15.5 Å². The minimum Gasteiger partial charge on any atom is -0.468 e. The number of benzene rings is 1. The molecular formula is C22H28FN3O3. The summed E-state index contributed by atoms with van der Waals surface area (Å²) in [4.78, 5) is 27.6. The van der Waals surface area contributed by atoms with Gasteiger partial charge in [-0.2, -0.15) is 0 Å². The minimum absolute atomic E-state index is 0.0305. The zero-order chi connectivity index (χ0) is 20.8. The van der Waals surface area contributed by atoms with Crippen molar-refractivity contribution in [1.82, 2.24) is 15.5 Å². The van der Waals surface area contributed by atoms with Crippen LogP contribution >= 0.6 is 0 Å². The quantitative estimate of drug-likeness (QED) is 0.713. The third kappa shape index (κ3) is 5.44. The molecule has 0 spiro atoms. The predicted molar refractivity (Wildman–Crippen MR) is 108 cm³/mol. The molecule has 2 unspecified atom stereocenters. The molecular weight excluding hydrogens is 373 g/mol. The molecule has 1 saturated heterocycles. The highest BCUT2D eigenvalue weighted by molar-refractivity contribution is 5.97. The number of rotatable bonds is 8. The van der Waals surface area contributed by atoms with Gasteiger partial charge in [0.05, 0.1) is 12.3 Å². The van der Waals surface area contributed by atoms with E-state index in [9.17, 15) is 14.0 Å². The average molecular weight is 401 g/mol. The van der Waals surface area contributed by atoms with Gasteiger partial charge in [-0.15, -0.1) is 0 Å². The number of halogens is 1. The number of nitrogens with zero attached hydrogens (tertiary/aromatic N) is 1. The van der Waals surface area contributed by atoms with Crippen LogP contribution in [0.4, 0.5) is 4.39 Å². The van der Waals surface area contributed by atoms with Crippen LogP contribution in [0.1, 0.15) is 48.8 Å². The van der Waals surface area contributed by atoms with Crippen molar-refractivity contribution in [1.29, 1.82) is 0 Å². The second kappa shape index (κ2) is 9.69. The van der Waals surface area contributed by atoms with Gasteiger partial charge in [0.2, 0.25) is 5.91 Å². The molecule has 7 heteroatoms. The molecule has 0 aliphatic carbocycles. The highest BCUT2D eigenvalue weighted by Gasteiger charge is 2.29. The molecule has 1 aromatic heterocycles. The highest BCUT2D eigenvalue weighted by atomic mass is 19.1. The lowest BCUT2D eigenvalue weighted by Crippen LogP contribution is -2.51. The summed E-state index contributed by atoms with van der Waals surface area (Å²) in [7, 11) is 0. The van der Waals surface area contributed by atoms with Gasteiger partial charge in [0.1, 0.15) is 17.6 Å². The molecule has 6 nitrogen and oxygen atoms in total. The van der Waals surface area contributed by atoms with Gasteiger partial charge < -0.3 is 15.1 Å². The van der Waals surface area contributed by atoms with E-state index in [-0.39, 0.29) is 17.9 Å². The summed E-state index contributed by atoms with van der Waals surface area (Å²) in [5.74, 6) is -0.338. The summed E-state index contributed by atoms with van der Waals surface area (Å²) in [5.41, 5.74) is 0.315. The Morgan fingerprint density at radius 1 is 1.14 bits per heavy atom. The Balaban J connectivity index is 1.63. The first-order valence-corrected chi connectivity index (χ1v) is 10.1. The lowest BCUT2D eigenvalue weighted by Gasteiger charge is -2.28. The first-order chi connectivity index (χ1) is 14.0. The molecule has 1 aromatic carbocycles. The number of carbonyl (C=O) groups is 2. The standard InChI is InChI=1S/C22H28FN3O3/c1-15(2)20(25-21(27)16-7-9-17(23)10-8-16)22(28)24-14-18(19-6-5-13-29-19)26-11-3-4-12-26/h5-10,13,15,18,20H,3-4,11-12,14H2,1-2H3,(H,24,28)(H,25,27). The summed E-state index contributed by atoms with van der Waals surface area (Å²) < 4.78 is 18.7. The molecule has 2 atom stereocenters. The Kier molecular flexibility index (Phi) is 7.04. The summed E-state index contributed by atoms with van der Waals surface area (Å²) in [6.07, 6.45) is 3.90. The second-order valence-electron chi connectivity index (χ2n) is 7.72. The van der Waals surface area contributed by atoms with E-state index in [0.717, 1.165) is 31.7 Å². The van der Waals surface area contributed by atoms with Crippen molar-refractivity contribution < 1.29 is 18.4 Å². The Hall–Kier alpha value is -2.67. The fourth-order valence-corrected chi connectivity index (χ4v) is 3.61. The maximum Gasteiger partial charge on any atom is 0.251 e. The lowest BCUT2D eigenvalue weighted by molar-refractivity contribution is -0.124. The lowest BCUT2D eigenvalue weighted by atomic mass is 10.0. The fourth-order valence-electron chi connectivity index (χ4n) is 3.61. The zero-order valence-electron chi connectivity index (χ0n) is 16.9. The normalized spacial score (nSPS) is 16.6. The summed E-state index contributed by atoms with van der Waals surface area (Å²) >= 11 is 0. The van der Waals surface area contributed by atoms with Gasteiger partial charge in [-0.25, -0.2) is 4.39 Å². The Labute approximate surface area is 170 Å². The van der Waals surface area contributed by atoms with E-state index in [0.29, 0.717) is 12.1 Å². The van der Waals surface area contributed by atoms with Gasteiger partial charge in [0, 0.05) is 12.1 Å². The van der Waals surface area contributed by atoms with Crippen LogP contribution in [-0.2, 0) is 4.79 Å². The van der Waals surface area contributed by atoms with Crippen LogP contribution in [-0.4, -0.2) is 42.4 Å². The van der Waals surface area contributed by atoms with Crippen LogP contribution in [0, 0.1) is 11.7 Å². The predicted octanol–water partition coefficient (Wildman–Crippen LogP) is 3.13. The van der Waals surface area contributed by atoms with Crippen LogP contribution in [0.2, 0.25) is 0 Å². The third-order valence-corrected chi connectivity index (χ3v) is 5.26. The number of hydrogen-bond donors (Lipinski definition) is 2. The molecule has 0 bridgehead atoms. The minimum atomic E-state index is -0.691. The molecule has 2 N–H and O–H groups in total. The van der Waals surface area contributed by atoms with Crippen molar-refractivity contribution in [2.24, 2.45) is 5.92 Å². The van der Waals surface area contributed by atoms with E-state index in [1.807, 2.05) is 26.0 Å². The third-order valence-electron chi connectivity index (χ3n) is 5.26. The summed E-state index contributed by atoms with van der Waals surface area (Å²) in [6, 6.07) is 8.30. The van der Waals surface area contributed by atoms with Gasteiger partial charge in [0.25, 0.3) is 5.91 Å². The Morgan fingerprint density at radius 3 is 2.41 bits per heavy atom. The maximum absolute atomic E-state index is 13.1. The van der Waals surface area contributed by atoms with E-state index < -0.39 is 17.8 Å². The number of nitrogens with one attached hydrogen (secondary N) is 2. The van der Waals surface area contributed by atoms with Crippen LogP contribution in [0.5, 0.6) is 0 Å². The second-order valence-corrected chi connectivity index (χ2v) is 7.72. The van der Waals surface area contributed by atoms with Gasteiger partial charge in [-0.3, -0.25) is 14.5 Å². The van der Waals surface area contributed by atoms with Crippen LogP contribution in [0.3, 0.4) is 0 Å². The SMILES string of the molecule is CC(C)C(NC(=O)c1ccc(F)cc1)C(=O)NCC(c1ccco1)N1CCCC1. The first-order valence-electron chi connectivity index (χ1n) is 10.1. The summed E-state index contributed by atoms with van der Waals surface area (Å²) in [6.45, 7) is 6.09.